The Morgan fingerprint density at radius 2 is 1.77 bits per heavy atom. The normalized spacial score (nSPS) is 16.3. The summed E-state index contributed by atoms with van der Waals surface area (Å²) < 4.78 is 16.7. The highest BCUT2D eigenvalue weighted by atomic mass is 79.9. The van der Waals surface area contributed by atoms with Crippen LogP contribution < -0.4 is 4.74 Å². The van der Waals surface area contributed by atoms with Gasteiger partial charge in [-0.05, 0) is 44.0 Å². The van der Waals surface area contributed by atoms with Gasteiger partial charge in [0, 0.05) is 18.8 Å². The second-order valence-corrected chi connectivity index (χ2v) is 7.35. The van der Waals surface area contributed by atoms with E-state index in [-0.39, 0.29) is 22.4 Å². The summed E-state index contributed by atoms with van der Waals surface area (Å²) in [5.74, 6) is -1.35. The molecule has 10 heteroatoms. The van der Waals surface area contributed by atoms with E-state index in [0.717, 1.165) is 6.42 Å². The Balaban J connectivity index is 1.68. The molecule has 26 heavy (non-hydrogen) atoms. The number of carbonyl (C=O) groups is 2. The monoisotopic (exact) mass is 504 g/mol. The molecule has 0 saturated carbocycles. The van der Waals surface area contributed by atoms with Crippen LogP contribution in [-0.4, -0.2) is 41.2 Å². The number of rotatable bonds is 4. The topological polar surface area (TPSA) is 87.6 Å². The lowest BCUT2D eigenvalue weighted by atomic mass is 10.2. The zero-order valence-electron chi connectivity index (χ0n) is 13.1. The molecule has 7 nitrogen and oxygen atoms in total. The van der Waals surface area contributed by atoms with E-state index in [2.05, 4.69) is 41.8 Å². The summed E-state index contributed by atoms with van der Waals surface area (Å²) in [7, 11) is 0. The number of hydrogen-bond donors (Lipinski definition) is 0. The van der Waals surface area contributed by atoms with Crippen LogP contribution in [-0.2, 0) is 9.47 Å². The van der Waals surface area contributed by atoms with Gasteiger partial charge in [0.05, 0.1) is 33.3 Å². The zero-order chi connectivity index (χ0) is 18.7. The summed E-state index contributed by atoms with van der Waals surface area (Å²) in [5.41, 5.74) is 0.184. The van der Waals surface area contributed by atoms with Crippen molar-refractivity contribution in [2.45, 2.75) is 12.5 Å². The van der Waals surface area contributed by atoms with Gasteiger partial charge in [-0.15, -0.1) is 0 Å². The third-order valence-corrected chi connectivity index (χ3v) is 5.13. The lowest BCUT2D eigenvalue weighted by molar-refractivity contribution is 0.0397. The molecule has 2 aromatic heterocycles. The second-order valence-electron chi connectivity index (χ2n) is 5.29. The maximum Gasteiger partial charge on any atom is 0.347 e. The van der Waals surface area contributed by atoms with E-state index in [4.69, 9.17) is 25.8 Å². The molecule has 1 unspecified atom stereocenters. The Bertz CT molecular complexity index is 859. The van der Waals surface area contributed by atoms with Gasteiger partial charge in [0.25, 0.3) is 0 Å². The molecule has 1 saturated heterocycles. The van der Waals surface area contributed by atoms with Crippen LogP contribution in [0.1, 0.15) is 27.1 Å². The smallest absolute Gasteiger partial charge is 0.347 e. The van der Waals surface area contributed by atoms with Gasteiger partial charge in [0.1, 0.15) is 11.3 Å². The first-order valence-electron chi connectivity index (χ1n) is 7.41. The first-order valence-corrected chi connectivity index (χ1v) is 9.38. The van der Waals surface area contributed by atoms with E-state index in [0.29, 0.717) is 28.0 Å². The highest BCUT2D eigenvalue weighted by Crippen LogP contribution is 2.26. The lowest BCUT2D eigenvalue weighted by Gasteiger charge is -2.12. The molecule has 0 N–H and O–H groups in total. The summed E-state index contributed by atoms with van der Waals surface area (Å²) in [6.07, 6.45) is 3.20. The van der Waals surface area contributed by atoms with Crippen molar-refractivity contribution >= 4 is 55.4 Å². The van der Waals surface area contributed by atoms with Crippen LogP contribution >= 0.6 is 43.5 Å². The van der Waals surface area contributed by atoms with Gasteiger partial charge in [-0.2, -0.15) is 0 Å². The maximum absolute atomic E-state index is 12.2. The lowest BCUT2D eigenvalue weighted by Crippen LogP contribution is -2.17. The van der Waals surface area contributed by atoms with Crippen LogP contribution in [0.3, 0.4) is 0 Å². The molecule has 1 atom stereocenters. The van der Waals surface area contributed by atoms with Gasteiger partial charge in [-0.25, -0.2) is 19.6 Å². The molecule has 1 fully saturated rings. The van der Waals surface area contributed by atoms with E-state index >= 15 is 0 Å². The van der Waals surface area contributed by atoms with Crippen molar-refractivity contribution in [3.8, 4) is 5.88 Å². The van der Waals surface area contributed by atoms with Crippen molar-refractivity contribution in [1.82, 2.24) is 9.97 Å². The molecule has 3 rings (SSSR count). The number of ether oxygens (including phenoxy) is 3. The SMILES string of the molecule is O=C(OC(=O)c1cnc(OC2CCOC2)c(Br)c1)c1cnc(Cl)c(Br)c1. The molecule has 3 heterocycles. The number of aromatic nitrogens is 2. The van der Waals surface area contributed by atoms with Gasteiger partial charge in [-0.3, -0.25) is 0 Å². The van der Waals surface area contributed by atoms with Gasteiger partial charge in [-0.1, -0.05) is 11.6 Å². The van der Waals surface area contributed by atoms with E-state index in [1.807, 2.05) is 0 Å². The fraction of sp³-hybridized carbons (Fsp3) is 0.250. The van der Waals surface area contributed by atoms with Crippen molar-refractivity contribution in [3.63, 3.8) is 0 Å². The van der Waals surface area contributed by atoms with E-state index in [1.54, 1.807) is 0 Å². The van der Waals surface area contributed by atoms with Crippen LogP contribution in [0.4, 0.5) is 0 Å². The Morgan fingerprint density at radius 1 is 1.12 bits per heavy atom. The van der Waals surface area contributed by atoms with Gasteiger partial charge in [0.15, 0.2) is 0 Å². The molecule has 0 spiro atoms. The molecular weight excluding hydrogens is 495 g/mol. The first-order chi connectivity index (χ1) is 12.4. The predicted molar refractivity (Wildman–Crippen MR) is 98.5 cm³/mol. The first kappa shape index (κ1) is 19.2. The summed E-state index contributed by atoms with van der Waals surface area (Å²) in [6, 6.07) is 2.89. The minimum Gasteiger partial charge on any atom is -0.471 e. The van der Waals surface area contributed by atoms with Crippen molar-refractivity contribution in [1.29, 1.82) is 0 Å². The summed E-state index contributed by atoms with van der Waals surface area (Å²) in [4.78, 5) is 32.1. The number of hydrogen-bond acceptors (Lipinski definition) is 7. The van der Waals surface area contributed by atoms with E-state index < -0.39 is 11.9 Å². The summed E-state index contributed by atoms with van der Waals surface area (Å²) in [6.45, 7) is 1.14. The van der Waals surface area contributed by atoms with Crippen molar-refractivity contribution in [2.75, 3.05) is 13.2 Å². The third-order valence-electron chi connectivity index (χ3n) is 3.43. The predicted octanol–water partition coefficient (Wildman–Crippen LogP) is 3.82. The van der Waals surface area contributed by atoms with Gasteiger partial charge in [0.2, 0.25) is 5.88 Å². The van der Waals surface area contributed by atoms with Gasteiger partial charge < -0.3 is 14.2 Å². The minimum absolute atomic E-state index is 0.0750. The molecule has 0 aliphatic carbocycles. The average Bonchev–Trinajstić information content (AvgIpc) is 3.12. The van der Waals surface area contributed by atoms with E-state index in [9.17, 15) is 9.59 Å². The Labute approximate surface area is 170 Å². The highest BCUT2D eigenvalue weighted by Gasteiger charge is 2.21. The molecule has 2 aromatic rings. The standard InChI is InChI=1S/C16H11Br2ClN2O5/c17-11-3-8(5-20-13(11)19)15(22)26-16(23)9-4-12(18)14(21-6-9)25-10-1-2-24-7-10/h3-6,10H,1-2,7H2. The Kier molecular flexibility index (Phi) is 6.23. The van der Waals surface area contributed by atoms with E-state index in [1.165, 1.54) is 24.5 Å². The second kappa shape index (κ2) is 8.43. The minimum atomic E-state index is -0.848. The fourth-order valence-electron chi connectivity index (χ4n) is 2.12. The number of esters is 2. The largest absolute Gasteiger partial charge is 0.471 e. The van der Waals surface area contributed by atoms with Crippen molar-refractivity contribution < 1.29 is 23.8 Å². The fourth-order valence-corrected chi connectivity index (χ4v) is 3.02. The molecule has 0 radical (unpaired) electrons. The molecular formula is C16H11Br2ClN2O5. The quantitative estimate of drug-likeness (QED) is 0.354. The Hall–Kier alpha value is -1.55. The number of halogens is 3. The zero-order valence-corrected chi connectivity index (χ0v) is 17.0. The van der Waals surface area contributed by atoms with Crippen LogP contribution in [0, 0.1) is 0 Å². The number of pyridine rings is 2. The Morgan fingerprint density at radius 3 is 2.35 bits per heavy atom. The van der Waals surface area contributed by atoms with Crippen LogP contribution in [0.15, 0.2) is 33.5 Å². The van der Waals surface area contributed by atoms with Crippen LogP contribution in [0.5, 0.6) is 5.88 Å². The molecule has 0 amide bonds. The summed E-state index contributed by atoms with van der Waals surface area (Å²) >= 11 is 12.2. The molecule has 1 aliphatic heterocycles. The molecule has 0 aromatic carbocycles. The average molecular weight is 507 g/mol. The molecule has 0 bridgehead atoms. The highest BCUT2D eigenvalue weighted by molar-refractivity contribution is 9.10. The van der Waals surface area contributed by atoms with Crippen molar-refractivity contribution in [3.05, 3.63) is 49.8 Å². The third kappa shape index (κ3) is 4.59. The molecule has 136 valence electrons. The van der Waals surface area contributed by atoms with Crippen LogP contribution in [0.25, 0.3) is 0 Å². The van der Waals surface area contributed by atoms with Gasteiger partial charge >= 0.3 is 11.9 Å². The number of nitrogens with zero attached hydrogens (tertiary/aromatic N) is 2. The van der Waals surface area contributed by atoms with Crippen molar-refractivity contribution in [2.24, 2.45) is 0 Å². The maximum atomic E-state index is 12.2. The summed E-state index contributed by atoms with van der Waals surface area (Å²) in [5, 5.41) is 0.198. The number of carbonyl (C=O) groups excluding carboxylic acids is 2. The van der Waals surface area contributed by atoms with Crippen LogP contribution in [0.2, 0.25) is 5.15 Å². The molecule has 1 aliphatic rings.